The van der Waals surface area contributed by atoms with Gasteiger partial charge in [-0.2, -0.15) is 0 Å². The Labute approximate surface area is 50.4 Å². The smallest absolute Gasteiger partial charge is 0.0572 e. The molecule has 0 aliphatic heterocycles. The highest BCUT2D eigenvalue weighted by atomic mass is 16.6. The second-order valence-electron chi connectivity index (χ2n) is 1.74. The first-order chi connectivity index (χ1) is 3.81. The summed E-state index contributed by atoms with van der Waals surface area (Å²) in [7, 11) is 3.53. The van der Waals surface area contributed by atoms with Crippen molar-refractivity contribution in [1.82, 2.24) is 10.8 Å². The molecule has 0 aromatic heterocycles. The number of hydroxylamine groups is 1. The van der Waals surface area contributed by atoms with E-state index in [0.717, 1.165) is 6.54 Å². The van der Waals surface area contributed by atoms with Gasteiger partial charge in [0.05, 0.1) is 7.11 Å². The van der Waals surface area contributed by atoms with Gasteiger partial charge < -0.3 is 10.2 Å². The number of likely N-dealkylation sites (N-methyl/N-ethyl adjacent to an activating group) is 1. The third-order valence-electron chi connectivity index (χ3n) is 1.03. The first-order valence-electron chi connectivity index (χ1n) is 2.74. The van der Waals surface area contributed by atoms with Crippen LogP contribution in [0.15, 0.2) is 0 Å². The van der Waals surface area contributed by atoms with Gasteiger partial charge in [-0.1, -0.05) is 0 Å². The van der Waals surface area contributed by atoms with Crippen molar-refractivity contribution in [2.75, 3.05) is 20.7 Å². The fourth-order valence-corrected chi connectivity index (χ4v) is 0.310. The Bertz CT molecular complexity index is 49.7. The Morgan fingerprint density at radius 3 is 2.62 bits per heavy atom. The van der Waals surface area contributed by atoms with E-state index in [-0.39, 0.29) is 0 Å². The summed E-state index contributed by atoms with van der Waals surface area (Å²) in [6.45, 7) is 2.92. The molecule has 50 valence electrons. The summed E-state index contributed by atoms with van der Waals surface area (Å²) in [5, 5.41) is 3.06. The molecule has 1 atom stereocenters. The highest BCUT2D eigenvalue weighted by Crippen LogP contribution is 1.72. The number of hydrogen-bond donors (Lipinski definition) is 2. The molecule has 0 saturated heterocycles. The van der Waals surface area contributed by atoms with Gasteiger partial charge in [-0.05, 0) is 14.0 Å². The molecule has 1 unspecified atom stereocenters. The lowest BCUT2D eigenvalue weighted by Crippen LogP contribution is -2.33. The minimum Gasteiger partial charge on any atom is -0.316 e. The predicted octanol–water partition coefficient (Wildman–Crippen LogP) is -0.255. The normalized spacial score (nSPS) is 13.9. The zero-order valence-corrected chi connectivity index (χ0v) is 5.69. The first kappa shape index (κ1) is 7.88. The maximum atomic E-state index is 4.62. The van der Waals surface area contributed by atoms with Gasteiger partial charge in [-0.25, -0.2) is 5.48 Å². The first-order valence-corrected chi connectivity index (χ1v) is 2.74. The molecular weight excluding hydrogens is 104 g/mol. The molecule has 0 heterocycles. The summed E-state index contributed by atoms with van der Waals surface area (Å²) >= 11 is 0. The third kappa shape index (κ3) is 4.05. The molecular formula is C5H14N2O. The summed E-state index contributed by atoms with van der Waals surface area (Å²) in [5.41, 5.74) is 2.74. The largest absolute Gasteiger partial charge is 0.316 e. The molecule has 0 amide bonds. The van der Waals surface area contributed by atoms with Gasteiger partial charge in [0.2, 0.25) is 0 Å². The van der Waals surface area contributed by atoms with E-state index < -0.39 is 0 Å². The summed E-state index contributed by atoms with van der Waals surface area (Å²) in [6.07, 6.45) is 0. The summed E-state index contributed by atoms with van der Waals surface area (Å²) in [5.74, 6) is 0. The summed E-state index contributed by atoms with van der Waals surface area (Å²) in [4.78, 5) is 4.62. The average Bonchev–Trinajstić information content (AvgIpc) is 1.83. The van der Waals surface area contributed by atoms with Crippen LogP contribution in [0.1, 0.15) is 6.92 Å². The summed E-state index contributed by atoms with van der Waals surface area (Å²) in [6, 6.07) is 0.468. The molecule has 0 saturated carbocycles. The van der Waals surface area contributed by atoms with Crippen molar-refractivity contribution in [3.05, 3.63) is 0 Å². The lowest BCUT2D eigenvalue weighted by atomic mass is 10.4. The Kier molecular flexibility index (Phi) is 4.95. The van der Waals surface area contributed by atoms with Crippen LogP contribution in [0, 0.1) is 0 Å². The molecule has 0 spiro atoms. The van der Waals surface area contributed by atoms with Crippen molar-refractivity contribution in [2.45, 2.75) is 13.0 Å². The van der Waals surface area contributed by atoms with E-state index in [0.29, 0.717) is 6.04 Å². The maximum Gasteiger partial charge on any atom is 0.0572 e. The highest BCUT2D eigenvalue weighted by molar-refractivity contribution is 4.55. The van der Waals surface area contributed by atoms with Crippen LogP contribution in [0.4, 0.5) is 0 Å². The molecule has 0 aromatic rings. The van der Waals surface area contributed by atoms with Crippen LogP contribution < -0.4 is 10.8 Å². The second kappa shape index (κ2) is 5.03. The SMILES string of the molecule is CNC(C)CNOC. The minimum absolute atomic E-state index is 0.468. The van der Waals surface area contributed by atoms with Gasteiger partial charge in [0.15, 0.2) is 0 Å². The number of nitrogens with one attached hydrogen (secondary N) is 2. The van der Waals surface area contributed by atoms with Crippen molar-refractivity contribution >= 4 is 0 Å². The van der Waals surface area contributed by atoms with Gasteiger partial charge in [-0.15, -0.1) is 0 Å². The van der Waals surface area contributed by atoms with E-state index in [1.165, 1.54) is 0 Å². The fraction of sp³-hybridized carbons (Fsp3) is 1.00. The molecule has 0 rings (SSSR count). The number of rotatable bonds is 4. The molecule has 0 aliphatic rings. The topological polar surface area (TPSA) is 33.3 Å². The van der Waals surface area contributed by atoms with Crippen molar-refractivity contribution < 1.29 is 4.84 Å². The van der Waals surface area contributed by atoms with E-state index in [9.17, 15) is 0 Å². The Morgan fingerprint density at radius 1 is 1.62 bits per heavy atom. The van der Waals surface area contributed by atoms with Crippen molar-refractivity contribution in [1.29, 1.82) is 0 Å². The Morgan fingerprint density at radius 2 is 2.25 bits per heavy atom. The van der Waals surface area contributed by atoms with Crippen molar-refractivity contribution in [3.63, 3.8) is 0 Å². The zero-order valence-electron chi connectivity index (χ0n) is 5.69. The van der Waals surface area contributed by atoms with E-state index in [1.54, 1.807) is 7.11 Å². The van der Waals surface area contributed by atoms with E-state index in [2.05, 4.69) is 22.6 Å². The van der Waals surface area contributed by atoms with Gasteiger partial charge >= 0.3 is 0 Å². The lowest BCUT2D eigenvalue weighted by Gasteiger charge is -2.08. The van der Waals surface area contributed by atoms with Gasteiger partial charge in [0, 0.05) is 12.6 Å². The van der Waals surface area contributed by atoms with E-state index in [1.807, 2.05) is 7.05 Å². The standard InChI is InChI=1S/C5H14N2O/c1-5(6-2)4-7-8-3/h5-7H,4H2,1-3H3. The molecule has 8 heavy (non-hydrogen) atoms. The van der Waals surface area contributed by atoms with Crippen LogP contribution in [-0.4, -0.2) is 26.7 Å². The average molecular weight is 118 g/mol. The van der Waals surface area contributed by atoms with Crippen LogP contribution in [0.25, 0.3) is 0 Å². The van der Waals surface area contributed by atoms with Gasteiger partial charge in [0.1, 0.15) is 0 Å². The molecule has 2 N–H and O–H groups in total. The Balaban J connectivity index is 2.86. The van der Waals surface area contributed by atoms with Crippen LogP contribution in [0.5, 0.6) is 0 Å². The molecule has 0 radical (unpaired) electrons. The molecule has 0 aliphatic carbocycles. The molecule has 0 aromatic carbocycles. The maximum absolute atomic E-state index is 4.62. The van der Waals surface area contributed by atoms with Crippen LogP contribution in [0.3, 0.4) is 0 Å². The van der Waals surface area contributed by atoms with Crippen LogP contribution >= 0.6 is 0 Å². The fourth-order valence-electron chi connectivity index (χ4n) is 0.310. The Hall–Kier alpha value is -0.120. The molecule has 0 bridgehead atoms. The minimum atomic E-state index is 0.468. The van der Waals surface area contributed by atoms with Crippen LogP contribution in [-0.2, 0) is 4.84 Å². The lowest BCUT2D eigenvalue weighted by molar-refractivity contribution is 0.0864. The zero-order chi connectivity index (χ0) is 6.41. The molecule has 3 nitrogen and oxygen atoms in total. The van der Waals surface area contributed by atoms with Crippen molar-refractivity contribution in [2.24, 2.45) is 0 Å². The van der Waals surface area contributed by atoms with Gasteiger partial charge in [-0.3, -0.25) is 0 Å². The van der Waals surface area contributed by atoms with E-state index in [4.69, 9.17) is 0 Å². The van der Waals surface area contributed by atoms with Crippen molar-refractivity contribution in [3.8, 4) is 0 Å². The van der Waals surface area contributed by atoms with Crippen LogP contribution in [0.2, 0.25) is 0 Å². The third-order valence-corrected chi connectivity index (χ3v) is 1.03. The van der Waals surface area contributed by atoms with Gasteiger partial charge in [0.25, 0.3) is 0 Å². The monoisotopic (exact) mass is 118 g/mol. The highest BCUT2D eigenvalue weighted by Gasteiger charge is 1.92. The second-order valence-corrected chi connectivity index (χ2v) is 1.74. The predicted molar refractivity (Wildman–Crippen MR) is 33.5 cm³/mol. The summed E-state index contributed by atoms with van der Waals surface area (Å²) < 4.78 is 0. The molecule has 3 heteroatoms. The number of hydrogen-bond acceptors (Lipinski definition) is 3. The quantitative estimate of drug-likeness (QED) is 0.499. The van der Waals surface area contributed by atoms with E-state index >= 15 is 0 Å². The molecule has 0 fully saturated rings.